The normalized spacial score (nSPS) is 20.0. The lowest BCUT2D eigenvalue weighted by Gasteiger charge is -2.17. The summed E-state index contributed by atoms with van der Waals surface area (Å²) in [5.41, 5.74) is 0. The van der Waals surface area contributed by atoms with Crippen LogP contribution >= 0.6 is 27.3 Å². The monoisotopic (exact) mass is 302 g/mol. The molecule has 1 aromatic heterocycles. The van der Waals surface area contributed by atoms with E-state index in [9.17, 15) is 4.79 Å². The van der Waals surface area contributed by atoms with Crippen LogP contribution in [0.4, 0.5) is 5.00 Å². The molecule has 1 unspecified atom stereocenters. The van der Waals surface area contributed by atoms with E-state index in [1.165, 1.54) is 0 Å². The fraction of sp³-hybridized carbons (Fsp3) is 0.545. The maximum atomic E-state index is 12.0. The maximum Gasteiger partial charge on any atom is 0.227 e. The third-order valence-corrected chi connectivity index (χ3v) is 4.59. The number of nitrogens with one attached hydrogen (secondary N) is 1. The Balaban J connectivity index is 1.93. The molecule has 3 nitrogen and oxygen atoms in total. The molecule has 0 aromatic carbocycles. The van der Waals surface area contributed by atoms with Gasteiger partial charge in [0.1, 0.15) is 0 Å². The van der Waals surface area contributed by atoms with Gasteiger partial charge in [-0.25, -0.2) is 0 Å². The summed E-state index contributed by atoms with van der Waals surface area (Å²) in [5.74, 6) is 0.724. The van der Waals surface area contributed by atoms with Crippen molar-refractivity contribution < 1.29 is 4.79 Å². The summed E-state index contributed by atoms with van der Waals surface area (Å²) in [6.45, 7) is 2.03. The van der Waals surface area contributed by atoms with Gasteiger partial charge in [0, 0.05) is 13.5 Å². The second-order valence-corrected chi connectivity index (χ2v) is 6.53. The highest BCUT2D eigenvalue weighted by Gasteiger charge is 2.21. The van der Waals surface area contributed by atoms with Crippen LogP contribution in [0.15, 0.2) is 15.9 Å². The second kappa shape index (κ2) is 5.29. The zero-order valence-electron chi connectivity index (χ0n) is 9.20. The summed E-state index contributed by atoms with van der Waals surface area (Å²) < 4.78 is 1.06. The van der Waals surface area contributed by atoms with Gasteiger partial charge in [-0.3, -0.25) is 4.79 Å². The van der Waals surface area contributed by atoms with Gasteiger partial charge in [-0.05, 0) is 53.5 Å². The van der Waals surface area contributed by atoms with Crippen LogP contribution in [0.5, 0.6) is 0 Å². The molecule has 16 heavy (non-hydrogen) atoms. The Morgan fingerprint density at radius 1 is 1.69 bits per heavy atom. The van der Waals surface area contributed by atoms with E-state index >= 15 is 0 Å². The Morgan fingerprint density at radius 3 is 3.06 bits per heavy atom. The van der Waals surface area contributed by atoms with Crippen molar-refractivity contribution in [3.63, 3.8) is 0 Å². The lowest BCUT2D eigenvalue weighted by Crippen LogP contribution is -2.28. The van der Waals surface area contributed by atoms with Gasteiger partial charge in [-0.15, -0.1) is 11.3 Å². The topological polar surface area (TPSA) is 32.3 Å². The van der Waals surface area contributed by atoms with Gasteiger partial charge in [-0.2, -0.15) is 0 Å². The molecule has 0 bridgehead atoms. The molecule has 1 saturated heterocycles. The summed E-state index contributed by atoms with van der Waals surface area (Å²) in [6, 6.07) is 3.94. The minimum absolute atomic E-state index is 0.211. The SMILES string of the molecule is CN(C(=O)CC1CCNC1)c1ccc(Br)s1. The summed E-state index contributed by atoms with van der Waals surface area (Å²) >= 11 is 5.00. The van der Waals surface area contributed by atoms with E-state index in [1.807, 2.05) is 19.2 Å². The van der Waals surface area contributed by atoms with Crippen LogP contribution < -0.4 is 10.2 Å². The van der Waals surface area contributed by atoms with Crippen molar-refractivity contribution in [1.82, 2.24) is 5.32 Å². The summed E-state index contributed by atoms with van der Waals surface area (Å²) in [6.07, 6.45) is 1.77. The minimum Gasteiger partial charge on any atom is -0.316 e. The quantitative estimate of drug-likeness (QED) is 0.930. The van der Waals surface area contributed by atoms with Gasteiger partial charge in [-0.1, -0.05) is 0 Å². The van der Waals surface area contributed by atoms with Crippen LogP contribution in [-0.2, 0) is 4.79 Å². The molecule has 1 amide bonds. The highest BCUT2D eigenvalue weighted by atomic mass is 79.9. The molecule has 1 aromatic rings. The third kappa shape index (κ3) is 2.84. The van der Waals surface area contributed by atoms with Gasteiger partial charge < -0.3 is 10.2 Å². The van der Waals surface area contributed by atoms with Gasteiger partial charge in [0.05, 0.1) is 8.79 Å². The van der Waals surface area contributed by atoms with Crippen LogP contribution in [-0.4, -0.2) is 26.0 Å². The summed E-state index contributed by atoms with van der Waals surface area (Å²) in [7, 11) is 1.85. The van der Waals surface area contributed by atoms with Gasteiger partial charge >= 0.3 is 0 Å². The molecule has 1 atom stereocenters. The number of hydrogen-bond donors (Lipinski definition) is 1. The first kappa shape index (κ1) is 12.1. The fourth-order valence-electron chi connectivity index (χ4n) is 1.88. The molecule has 2 rings (SSSR count). The largest absolute Gasteiger partial charge is 0.316 e. The highest BCUT2D eigenvalue weighted by molar-refractivity contribution is 9.11. The molecule has 1 aliphatic heterocycles. The minimum atomic E-state index is 0.211. The van der Waals surface area contributed by atoms with Crippen LogP contribution in [0, 0.1) is 5.92 Å². The van der Waals surface area contributed by atoms with Crippen LogP contribution in [0.3, 0.4) is 0 Å². The van der Waals surface area contributed by atoms with Gasteiger partial charge in [0.25, 0.3) is 0 Å². The predicted octanol–water partition coefficient (Wildman–Crippen LogP) is 2.47. The number of carbonyl (C=O) groups excluding carboxylic acids is 1. The standard InChI is InChI=1S/C11H15BrN2OS/c1-14(11-3-2-9(12)16-11)10(15)6-8-4-5-13-7-8/h2-3,8,13H,4-7H2,1H3. The Hall–Kier alpha value is -0.390. The number of nitrogens with zero attached hydrogens (tertiary/aromatic N) is 1. The third-order valence-electron chi connectivity index (χ3n) is 2.89. The van der Waals surface area contributed by atoms with E-state index in [-0.39, 0.29) is 5.91 Å². The molecule has 0 aliphatic carbocycles. The van der Waals surface area contributed by atoms with Crippen molar-refractivity contribution >= 4 is 38.2 Å². The number of anilines is 1. The summed E-state index contributed by atoms with van der Waals surface area (Å²) in [5, 5.41) is 4.29. The number of halogens is 1. The van der Waals surface area contributed by atoms with E-state index in [2.05, 4.69) is 21.2 Å². The Morgan fingerprint density at radius 2 is 2.50 bits per heavy atom. The molecule has 1 fully saturated rings. The molecule has 0 spiro atoms. The number of thiophene rings is 1. The lowest BCUT2D eigenvalue weighted by atomic mass is 10.0. The van der Waals surface area contributed by atoms with E-state index in [0.29, 0.717) is 12.3 Å². The highest BCUT2D eigenvalue weighted by Crippen LogP contribution is 2.30. The molecule has 88 valence electrons. The zero-order valence-corrected chi connectivity index (χ0v) is 11.6. The van der Waals surface area contributed by atoms with Gasteiger partial charge in [0.15, 0.2) is 0 Å². The molecule has 0 radical (unpaired) electrons. The molecular weight excluding hydrogens is 288 g/mol. The van der Waals surface area contributed by atoms with Crippen LogP contribution in [0.2, 0.25) is 0 Å². The second-order valence-electron chi connectivity index (χ2n) is 4.09. The average molecular weight is 303 g/mol. The lowest BCUT2D eigenvalue weighted by molar-refractivity contribution is -0.119. The smallest absolute Gasteiger partial charge is 0.227 e. The van der Waals surface area contributed by atoms with Crippen molar-refractivity contribution in [1.29, 1.82) is 0 Å². The fourth-order valence-corrected chi connectivity index (χ4v) is 3.22. The first-order valence-corrected chi connectivity index (χ1v) is 7.00. The Labute approximate surface area is 108 Å². The van der Waals surface area contributed by atoms with Crippen molar-refractivity contribution in [2.45, 2.75) is 12.8 Å². The van der Waals surface area contributed by atoms with Crippen LogP contribution in [0.25, 0.3) is 0 Å². The van der Waals surface area contributed by atoms with Crippen LogP contribution in [0.1, 0.15) is 12.8 Å². The molecule has 0 saturated carbocycles. The number of amides is 1. The number of carbonyl (C=O) groups is 1. The average Bonchev–Trinajstić information content (AvgIpc) is 2.88. The Bertz CT molecular complexity index is 374. The summed E-state index contributed by atoms with van der Waals surface area (Å²) in [4.78, 5) is 13.8. The van der Waals surface area contributed by atoms with Crippen molar-refractivity contribution in [3.05, 3.63) is 15.9 Å². The van der Waals surface area contributed by atoms with E-state index in [1.54, 1.807) is 16.2 Å². The molecule has 2 heterocycles. The molecule has 1 N–H and O–H groups in total. The van der Waals surface area contributed by atoms with E-state index in [4.69, 9.17) is 0 Å². The van der Waals surface area contributed by atoms with Crippen molar-refractivity contribution in [2.75, 3.05) is 25.0 Å². The van der Waals surface area contributed by atoms with Crippen molar-refractivity contribution in [3.8, 4) is 0 Å². The first-order chi connectivity index (χ1) is 7.66. The molecular formula is C11H15BrN2OS. The predicted molar refractivity (Wildman–Crippen MR) is 71.0 cm³/mol. The van der Waals surface area contributed by atoms with E-state index < -0.39 is 0 Å². The van der Waals surface area contributed by atoms with E-state index in [0.717, 1.165) is 28.3 Å². The Kier molecular flexibility index (Phi) is 4.00. The molecule has 5 heteroatoms. The van der Waals surface area contributed by atoms with Crippen molar-refractivity contribution in [2.24, 2.45) is 5.92 Å². The first-order valence-electron chi connectivity index (χ1n) is 5.39. The maximum absolute atomic E-state index is 12.0. The number of hydrogen-bond acceptors (Lipinski definition) is 3. The van der Waals surface area contributed by atoms with Gasteiger partial charge in [0.2, 0.25) is 5.91 Å². The molecule has 1 aliphatic rings. The zero-order chi connectivity index (χ0) is 11.5. The number of rotatable bonds is 3.